The molecule has 0 aliphatic rings. The van der Waals surface area contributed by atoms with Crippen LogP contribution in [0, 0.1) is 0 Å². The number of benzene rings is 2. The zero-order chi connectivity index (χ0) is 21.0. The molecule has 29 heavy (non-hydrogen) atoms. The molecule has 0 radical (unpaired) electrons. The molecule has 0 saturated carbocycles. The van der Waals surface area contributed by atoms with E-state index in [1.165, 1.54) is 18.3 Å². The SMILES string of the molecule is CCc1ccccc1N(C(C)=O)c1nc(COC(=O)c2cc(Br)ccc2Cl)cs1. The molecule has 0 aliphatic carbocycles. The van der Waals surface area contributed by atoms with Gasteiger partial charge in [-0.1, -0.05) is 52.7 Å². The molecule has 0 unspecified atom stereocenters. The summed E-state index contributed by atoms with van der Waals surface area (Å²) in [6, 6.07) is 12.7. The Morgan fingerprint density at radius 2 is 2.00 bits per heavy atom. The van der Waals surface area contributed by atoms with Gasteiger partial charge in [0.1, 0.15) is 6.61 Å². The number of halogens is 2. The van der Waals surface area contributed by atoms with Gasteiger partial charge in [-0.15, -0.1) is 11.3 Å². The normalized spacial score (nSPS) is 10.6. The van der Waals surface area contributed by atoms with Gasteiger partial charge >= 0.3 is 5.97 Å². The maximum absolute atomic E-state index is 12.3. The third-order valence-corrected chi connectivity index (χ3v) is 5.86. The first kappa shape index (κ1) is 21.5. The van der Waals surface area contributed by atoms with E-state index < -0.39 is 5.97 Å². The number of carbonyl (C=O) groups is 2. The Bertz CT molecular complexity index is 1050. The fourth-order valence-corrected chi connectivity index (χ4v) is 4.19. The Morgan fingerprint density at radius 1 is 1.24 bits per heavy atom. The number of hydrogen-bond acceptors (Lipinski definition) is 5. The van der Waals surface area contributed by atoms with Gasteiger partial charge < -0.3 is 4.74 Å². The molecular formula is C21H18BrClN2O3S. The molecule has 3 aromatic rings. The highest BCUT2D eigenvalue weighted by Crippen LogP contribution is 2.32. The molecule has 0 aliphatic heterocycles. The number of aromatic nitrogens is 1. The highest BCUT2D eigenvalue weighted by atomic mass is 79.9. The van der Waals surface area contributed by atoms with E-state index >= 15 is 0 Å². The fraction of sp³-hybridized carbons (Fsp3) is 0.190. The molecule has 8 heteroatoms. The lowest BCUT2D eigenvalue weighted by Crippen LogP contribution is -2.23. The Balaban J connectivity index is 1.78. The highest BCUT2D eigenvalue weighted by molar-refractivity contribution is 9.10. The van der Waals surface area contributed by atoms with E-state index in [0.29, 0.717) is 15.8 Å². The van der Waals surface area contributed by atoms with Crippen LogP contribution in [0.1, 0.15) is 35.5 Å². The maximum Gasteiger partial charge on any atom is 0.340 e. The third-order valence-electron chi connectivity index (χ3n) is 4.16. The van der Waals surface area contributed by atoms with E-state index in [1.807, 2.05) is 31.2 Å². The summed E-state index contributed by atoms with van der Waals surface area (Å²) >= 11 is 10.7. The maximum atomic E-state index is 12.3. The van der Waals surface area contributed by atoms with Crippen LogP contribution in [-0.2, 0) is 22.6 Å². The van der Waals surface area contributed by atoms with E-state index in [-0.39, 0.29) is 18.1 Å². The lowest BCUT2D eigenvalue weighted by atomic mass is 10.1. The van der Waals surface area contributed by atoms with Crippen LogP contribution in [0.15, 0.2) is 52.3 Å². The number of hydrogen-bond donors (Lipinski definition) is 0. The van der Waals surface area contributed by atoms with Crippen molar-refractivity contribution in [1.82, 2.24) is 4.98 Å². The number of esters is 1. The molecule has 5 nitrogen and oxygen atoms in total. The summed E-state index contributed by atoms with van der Waals surface area (Å²) in [6.07, 6.45) is 0.795. The zero-order valence-corrected chi connectivity index (χ0v) is 19.0. The van der Waals surface area contributed by atoms with Crippen LogP contribution >= 0.6 is 38.9 Å². The Morgan fingerprint density at radius 3 is 2.72 bits per heavy atom. The number of anilines is 2. The van der Waals surface area contributed by atoms with Gasteiger partial charge in [-0.3, -0.25) is 9.69 Å². The number of amides is 1. The molecule has 0 spiro atoms. The van der Waals surface area contributed by atoms with Crippen molar-refractivity contribution >= 4 is 61.6 Å². The number of carbonyl (C=O) groups excluding carboxylic acids is 2. The van der Waals surface area contributed by atoms with E-state index in [9.17, 15) is 9.59 Å². The zero-order valence-electron chi connectivity index (χ0n) is 15.8. The van der Waals surface area contributed by atoms with Gasteiger partial charge in [0, 0.05) is 16.8 Å². The van der Waals surface area contributed by atoms with Crippen LogP contribution in [-0.4, -0.2) is 16.9 Å². The second-order valence-electron chi connectivity index (χ2n) is 6.16. The molecule has 2 aromatic carbocycles. The second-order valence-corrected chi connectivity index (χ2v) is 8.32. The quantitative estimate of drug-likeness (QED) is 0.386. The van der Waals surface area contributed by atoms with Crippen molar-refractivity contribution in [1.29, 1.82) is 0 Å². The highest BCUT2D eigenvalue weighted by Gasteiger charge is 2.21. The third kappa shape index (κ3) is 5.04. The fourth-order valence-electron chi connectivity index (χ4n) is 2.77. The van der Waals surface area contributed by atoms with Crippen molar-refractivity contribution < 1.29 is 14.3 Å². The van der Waals surface area contributed by atoms with E-state index in [1.54, 1.807) is 28.5 Å². The number of thiazole rings is 1. The van der Waals surface area contributed by atoms with Crippen LogP contribution in [0.25, 0.3) is 0 Å². The minimum atomic E-state index is -0.536. The minimum Gasteiger partial charge on any atom is -0.456 e. The van der Waals surface area contributed by atoms with Crippen molar-refractivity contribution in [2.45, 2.75) is 26.9 Å². The first-order valence-electron chi connectivity index (χ1n) is 8.86. The van der Waals surface area contributed by atoms with E-state index in [2.05, 4.69) is 20.9 Å². The number of rotatable bonds is 6. The van der Waals surface area contributed by atoms with Crippen molar-refractivity contribution in [3.05, 3.63) is 74.2 Å². The number of para-hydroxylation sites is 1. The van der Waals surface area contributed by atoms with Gasteiger partial charge in [-0.25, -0.2) is 9.78 Å². The largest absolute Gasteiger partial charge is 0.456 e. The average Bonchev–Trinajstić information content (AvgIpc) is 3.16. The average molecular weight is 494 g/mol. The van der Waals surface area contributed by atoms with Gasteiger partial charge in [-0.2, -0.15) is 0 Å². The molecule has 0 bridgehead atoms. The van der Waals surface area contributed by atoms with Crippen molar-refractivity contribution in [3.8, 4) is 0 Å². The van der Waals surface area contributed by atoms with Gasteiger partial charge in [0.25, 0.3) is 0 Å². The van der Waals surface area contributed by atoms with Gasteiger partial charge in [-0.05, 0) is 36.2 Å². The summed E-state index contributed by atoms with van der Waals surface area (Å²) in [5.41, 5.74) is 2.69. The second kappa shape index (κ2) is 9.52. The van der Waals surface area contributed by atoms with Crippen molar-refractivity contribution in [2.24, 2.45) is 0 Å². The standard InChI is InChI=1S/C21H18BrClN2O3S/c1-3-14-6-4-5-7-19(14)25(13(2)26)21-24-16(12-29-21)11-28-20(27)17-10-15(22)8-9-18(17)23/h4-10,12H,3,11H2,1-2H3. The summed E-state index contributed by atoms with van der Waals surface area (Å²) < 4.78 is 6.08. The van der Waals surface area contributed by atoms with Gasteiger partial charge in [0.05, 0.1) is 22.0 Å². The molecule has 150 valence electrons. The monoisotopic (exact) mass is 492 g/mol. The molecule has 1 heterocycles. The Kier molecular flexibility index (Phi) is 7.05. The van der Waals surface area contributed by atoms with Crippen LogP contribution in [0.5, 0.6) is 0 Å². The van der Waals surface area contributed by atoms with Gasteiger partial charge in [0.15, 0.2) is 5.13 Å². The molecule has 1 amide bonds. The molecule has 0 N–H and O–H groups in total. The summed E-state index contributed by atoms with van der Waals surface area (Å²) in [4.78, 5) is 30.7. The summed E-state index contributed by atoms with van der Waals surface area (Å²) in [7, 11) is 0. The molecule has 3 rings (SSSR count). The first-order valence-corrected chi connectivity index (χ1v) is 10.9. The lowest BCUT2D eigenvalue weighted by Gasteiger charge is -2.20. The first-order chi connectivity index (χ1) is 13.9. The Hall–Kier alpha value is -2.22. The summed E-state index contributed by atoms with van der Waals surface area (Å²) in [6.45, 7) is 3.53. The molecule has 0 atom stereocenters. The lowest BCUT2D eigenvalue weighted by molar-refractivity contribution is -0.115. The predicted octanol–water partition coefficient (Wildman–Crippen LogP) is 6.16. The van der Waals surface area contributed by atoms with Crippen LogP contribution in [0.2, 0.25) is 5.02 Å². The van der Waals surface area contributed by atoms with Crippen LogP contribution in [0.4, 0.5) is 10.8 Å². The number of aryl methyl sites for hydroxylation is 1. The van der Waals surface area contributed by atoms with E-state index in [4.69, 9.17) is 16.3 Å². The smallest absolute Gasteiger partial charge is 0.340 e. The number of ether oxygens (including phenoxy) is 1. The van der Waals surface area contributed by atoms with E-state index in [0.717, 1.165) is 22.1 Å². The van der Waals surface area contributed by atoms with Crippen LogP contribution in [0.3, 0.4) is 0 Å². The topological polar surface area (TPSA) is 59.5 Å². The molecule has 0 fully saturated rings. The number of nitrogens with zero attached hydrogens (tertiary/aromatic N) is 2. The summed E-state index contributed by atoms with van der Waals surface area (Å²) in [5.74, 6) is -0.671. The van der Waals surface area contributed by atoms with Crippen molar-refractivity contribution in [3.63, 3.8) is 0 Å². The molecule has 0 saturated heterocycles. The minimum absolute atomic E-state index is 0.0145. The van der Waals surface area contributed by atoms with Gasteiger partial charge in [0.2, 0.25) is 5.91 Å². The van der Waals surface area contributed by atoms with Crippen molar-refractivity contribution in [2.75, 3.05) is 4.90 Å². The summed E-state index contributed by atoms with van der Waals surface area (Å²) in [5, 5.41) is 2.62. The molecule has 1 aromatic heterocycles. The predicted molar refractivity (Wildman–Crippen MR) is 119 cm³/mol. The molecular weight excluding hydrogens is 476 g/mol. The Labute approximate surface area is 186 Å². The van der Waals surface area contributed by atoms with Crippen LogP contribution < -0.4 is 4.90 Å².